The van der Waals surface area contributed by atoms with E-state index in [0.29, 0.717) is 0 Å². The van der Waals surface area contributed by atoms with Gasteiger partial charge in [-0.1, -0.05) is 11.6 Å². The predicted octanol–water partition coefficient (Wildman–Crippen LogP) is 3.01. The lowest BCUT2D eigenvalue weighted by Gasteiger charge is -2.14. The molecule has 0 fully saturated rings. The number of halogens is 4. The van der Waals surface area contributed by atoms with Crippen molar-refractivity contribution in [3.8, 4) is 5.75 Å². The first-order valence-corrected chi connectivity index (χ1v) is 4.45. The van der Waals surface area contributed by atoms with Crippen LogP contribution in [0.4, 0.5) is 18.6 Å². The predicted molar refractivity (Wildman–Crippen MR) is 52.7 cm³/mol. The van der Waals surface area contributed by atoms with E-state index in [4.69, 9.17) is 11.6 Å². The summed E-state index contributed by atoms with van der Waals surface area (Å²) in [5, 5.41) is 10.5. The van der Waals surface area contributed by atoms with Crippen LogP contribution in [0.5, 0.6) is 5.75 Å². The maximum Gasteiger partial charge on any atom is 0.515 e. The van der Waals surface area contributed by atoms with Gasteiger partial charge in [-0.05, 0) is 12.1 Å². The number of nitro benzene ring substituents is 1. The van der Waals surface area contributed by atoms with E-state index in [2.05, 4.69) is 4.74 Å². The maximum atomic E-state index is 11.9. The molecule has 0 aromatic heterocycles. The summed E-state index contributed by atoms with van der Waals surface area (Å²) in [6.07, 6.45) is 0. The summed E-state index contributed by atoms with van der Waals surface area (Å²) < 4.78 is 40.0. The maximum absolute atomic E-state index is 11.9. The lowest BCUT2D eigenvalue weighted by Crippen LogP contribution is -2.26. The Morgan fingerprint density at radius 3 is 2.56 bits per heavy atom. The van der Waals surface area contributed by atoms with Crippen molar-refractivity contribution < 1.29 is 22.6 Å². The van der Waals surface area contributed by atoms with Crippen LogP contribution in [0.15, 0.2) is 18.2 Å². The van der Waals surface area contributed by atoms with Crippen molar-refractivity contribution in [3.63, 3.8) is 0 Å². The minimum atomic E-state index is -5.15. The molecule has 16 heavy (non-hydrogen) atoms. The Balaban J connectivity index is 2.91. The summed E-state index contributed by atoms with van der Waals surface area (Å²) in [6, 6.07) is 3.18. The summed E-state index contributed by atoms with van der Waals surface area (Å²) in [7, 11) is 0. The Bertz CT molecular complexity index is 412. The van der Waals surface area contributed by atoms with Gasteiger partial charge in [0.25, 0.3) is 0 Å². The second kappa shape index (κ2) is 4.61. The van der Waals surface area contributed by atoms with Gasteiger partial charge in [-0.15, -0.1) is 0 Å². The van der Waals surface area contributed by atoms with E-state index in [0.717, 1.165) is 12.1 Å². The molecule has 9 heteroatoms. The Labute approximate surface area is 93.2 Å². The van der Waals surface area contributed by atoms with E-state index in [1.54, 1.807) is 0 Å². The lowest BCUT2D eigenvalue weighted by molar-refractivity contribution is -0.385. The molecule has 0 amide bonds. The zero-order chi connectivity index (χ0) is 12.3. The smallest absolute Gasteiger partial charge is 0.515 e. The van der Waals surface area contributed by atoms with Crippen molar-refractivity contribution >= 4 is 24.3 Å². The summed E-state index contributed by atoms with van der Waals surface area (Å²) in [5.41, 5.74) is -0.590. The van der Waals surface area contributed by atoms with Crippen LogP contribution in [0.2, 0.25) is 5.02 Å². The van der Waals surface area contributed by atoms with Crippen LogP contribution in [-0.2, 0) is 0 Å². The molecule has 1 aromatic carbocycles. The lowest BCUT2D eigenvalue weighted by atomic mass is 9.95. The molecule has 0 heterocycles. The van der Waals surface area contributed by atoms with E-state index < -0.39 is 29.8 Å². The van der Waals surface area contributed by atoms with E-state index >= 15 is 0 Å². The van der Waals surface area contributed by atoms with Crippen molar-refractivity contribution in [3.05, 3.63) is 33.3 Å². The van der Waals surface area contributed by atoms with Crippen LogP contribution in [-0.4, -0.2) is 18.4 Å². The number of hydrogen-bond acceptors (Lipinski definition) is 3. The number of nitro groups is 1. The first-order valence-electron chi connectivity index (χ1n) is 4.07. The molecular weight excluding hydrogens is 249 g/mol. The number of benzene rings is 1. The van der Waals surface area contributed by atoms with Crippen LogP contribution in [0.3, 0.4) is 0 Å². The van der Waals surface area contributed by atoms with Crippen LogP contribution >= 0.6 is 11.6 Å². The number of rotatable bonds is 4. The molecule has 1 aromatic rings. The first kappa shape index (κ1) is 12.6. The molecule has 0 saturated heterocycles. The summed E-state index contributed by atoms with van der Waals surface area (Å²) >= 11 is 5.47. The van der Waals surface area contributed by atoms with Gasteiger partial charge >= 0.3 is 12.7 Å². The molecule has 0 radical (unpaired) electrons. The molecule has 1 rings (SSSR count). The van der Waals surface area contributed by atoms with Crippen molar-refractivity contribution in [1.82, 2.24) is 0 Å². The third-order valence-electron chi connectivity index (χ3n) is 1.55. The molecule has 88 valence electrons. The van der Waals surface area contributed by atoms with Gasteiger partial charge in [0.1, 0.15) is 0 Å². The van der Waals surface area contributed by atoms with Gasteiger partial charge in [0.2, 0.25) is 0 Å². The van der Waals surface area contributed by atoms with Crippen LogP contribution in [0.25, 0.3) is 0 Å². The number of ether oxygens (including phenoxy) is 1. The van der Waals surface area contributed by atoms with Gasteiger partial charge < -0.3 is 17.7 Å². The van der Waals surface area contributed by atoms with E-state index in [-0.39, 0.29) is 5.02 Å². The molecule has 4 nitrogen and oxygen atoms in total. The highest BCUT2D eigenvalue weighted by Crippen LogP contribution is 2.30. The molecule has 0 N–H and O–H groups in total. The quantitative estimate of drug-likeness (QED) is 0.471. The topological polar surface area (TPSA) is 52.4 Å². The Morgan fingerprint density at radius 1 is 1.44 bits per heavy atom. The molecule has 0 bridgehead atoms. The van der Waals surface area contributed by atoms with Gasteiger partial charge in [-0.3, -0.25) is 10.1 Å². The third-order valence-corrected chi connectivity index (χ3v) is 1.78. The van der Waals surface area contributed by atoms with E-state index in [1.807, 2.05) is 0 Å². The molecule has 0 aliphatic rings. The third kappa shape index (κ3) is 3.61. The Morgan fingerprint density at radius 2 is 2.06 bits per heavy atom. The van der Waals surface area contributed by atoms with Gasteiger partial charge in [-0.2, -0.15) is 0 Å². The minimum Gasteiger partial charge on any atom is -0.517 e. The van der Waals surface area contributed by atoms with Gasteiger partial charge in [0, 0.05) is 11.1 Å². The zero-order valence-corrected chi connectivity index (χ0v) is 8.46. The fraction of sp³-hybridized carbons (Fsp3) is 0.143. The van der Waals surface area contributed by atoms with Gasteiger partial charge in [0.05, 0.1) is 11.4 Å². The fourth-order valence-corrected chi connectivity index (χ4v) is 1.11. The SMILES string of the molecule is O=[N+]([O-])c1cc(Cl)ccc1OC[B-](F)(F)F. The van der Waals surface area contributed by atoms with Crippen molar-refractivity contribution in [2.45, 2.75) is 0 Å². The molecule has 0 spiro atoms. The van der Waals surface area contributed by atoms with Crippen molar-refractivity contribution in [2.75, 3.05) is 6.51 Å². The molecule has 0 aliphatic heterocycles. The van der Waals surface area contributed by atoms with E-state index in [9.17, 15) is 23.1 Å². The molecule has 0 aliphatic carbocycles. The number of nitrogens with zero attached hydrogens (tertiary/aromatic N) is 1. The standard InChI is InChI=1S/C7H5BClF3NO3/c9-5-1-2-7(6(3-5)13(14)15)16-4-8(10,11)12/h1-3H,4H2/q-1. The van der Waals surface area contributed by atoms with Crippen molar-refractivity contribution in [2.24, 2.45) is 0 Å². The zero-order valence-electron chi connectivity index (χ0n) is 7.70. The summed E-state index contributed by atoms with van der Waals surface area (Å²) in [4.78, 5) is 9.63. The fourth-order valence-electron chi connectivity index (χ4n) is 0.940. The highest BCUT2D eigenvalue weighted by atomic mass is 35.5. The average molecular weight is 254 g/mol. The monoisotopic (exact) mass is 254 g/mol. The first-order chi connectivity index (χ1) is 7.29. The summed E-state index contributed by atoms with van der Waals surface area (Å²) in [5.74, 6) is -0.450. The Hall–Kier alpha value is -1.44. The van der Waals surface area contributed by atoms with Gasteiger partial charge in [-0.25, -0.2) is 0 Å². The second-order valence-electron chi connectivity index (χ2n) is 2.89. The Kier molecular flexibility index (Phi) is 3.64. The minimum absolute atomic E-state index is 0.0524. The normalized spacial score (nSPS) is 11.2. The van der Waals surface area contributed by atoms with Gasteiger partial charge in [0.15, 0.2) is 5.75 Å². The average Bonchev–Trinajstić information content (AvgIpc) is 2.14. The largest absolute Gasteiger partial charge is 0.517 e. The molecule has 0 saturated carbocycles. The highest BCUT2D eigenvalue weighted by Gasteiger charge is 2.26. The van der Waals surface area contributed by atoms with E-state index in [1.165, 1.54) is 6.07 Å². The van der Waals surface area contributed by atoms with Crippen LogP contribution < -0.4 is 4.74 Å². The second-order valence-corrected chi connectivity index (χ2v) is 3.33. The van der Waals surface area contributed by atoms with Crippen molar-refractivity contribution in [1.29, 1.82) is 0 Å². The van der Waals surface area contributed by atoms with Crippen LogP contribution in [0, 0.1) is 10.1 Å². The molecule has 0 atom stereocenters. The molecular formula is C7H5BClF3NO3-. The number of hydrogen-bond donors (Lipinski definition) is 0. The highest BCUT2D eigenvalue weighted by molar-refractivity contribution is 6.58. The van der Waals surface area contributed by atoms with Crippen LogP contribution in [0.1, 0.15) is 0 Å². The molecule has 0 unspecified atom stereocenters. The summed E-state index contributed by atoms with van der Waals surface area (Å²) in [6.45, 7) is -6.68.